The predicted octanol–water partition coefficient (Wildman–Crippen LogP) is 0.395. The smallest absolute Gasteiger partial charge is 0.320 e. The Bertz CT molecular complexity index is 190. The summed E-state index contributed by atoms with van der Waals surface area (Å²) in [6.07, 6.45) is 1.88. The largest absolute Gasteiger partial charge is 0.465 e. The molecule has 1 fully saturated rings. The van der Waals surface area contributed by atoms with Crippen LogP contribution in [0, 0.1) is 0 Å². The third kappa shape index (κ3) is 4.07. The van der Waals surface area contributed by atoms with Crippen LogP contribution in [0.2, 0.25) is 0 Å². The molecule has 0 saturated heterocycles. The topological polar surface area (TPSA) is 49.8 Å². The Hall–Kier alpha value is -0.610. The molecule has 1 unspecified atom stereocenters. The normalized spacial score (nSPS) is 18.3. The molecule has 0 aromatic carbocycles. The van der Waals surface area contributed by atoms with Crippen LogP contribution in [0.5, 0.6) is 0 Å². The second-order valence-electron chi connectivity index (χ2n) is 3.81. The lowest BCUT2D eigenvalue weighted by Gasteiger charge is -2.21. The van der Waals surface area contributed by atoms with E-state index in [4.69, 9.17) is 4.74 Å². The van der Waals surface area contributed by atoms with Crippen molar-refractivity contribution in [1.29, 1.82) is 0 Å². The molecule has 1 aliphatic rings. The summed E-state index contributed by atoms with van der Waals surface area (Å²) < 4.78 is 4.87. The first-order valence-electron chi connectivity index (χ1n) is 5.21. The fourth-order valence-electron chi connectivity index (χ4n) is 1.49. The fraction of sp³-hybridized carbons (Fsp3) is 0.900. The van der Waals surface area contributed by atoms with Crippen molar-refractivity contribution in [2.24, 2.45) is 0 Å². The summed E-state index contributed by atoms with van der Waals surface area (Å²) in [5.74, 6) is -0.194. The van der Waals surface area contributed by atoms with Gasteiger partial charge in [-0.05, 0) is 26.7 Å². The Morgan fingerprint density at radius 1 is 1.64 bits per heavy atom. The minimum atomic E-state index is -0.384. The van der Waals surface area contributed by atoms with Gasteiger partial charge in [0.2, 0.25) is 0 Å². The molecule has 0 bridgehead atoms. The van der Waals surface area contributed by atoms with Crippen LogP contribution in [0.4, 0.5) is 0 Å². The van der Waals surface area contributed by atoms with Gasteiger partial charge in [0, 0.05) is 12.6 Å². The Kier molecular flexibility index (Phi) is 4.35. The van der Waals surface area contributed by atoms with Crippen LogP contribution in [0.3, 0.4) is 0 Å². The molecular weight excluding hydrogens is 182 g/mol. The van der Waals surface area contributed by atoms with Gasteiger partial charge < -0.3 is 9.84 Å². The van der Waals surface area contributed by atoms with Crippen LogP contribution in [-0.4, -0.2) is 47.8 Å². The highest BCUT2D eigenvalue weighted by molar-refractivity contribution is 5.71. The first-order valence-corrected chi connectivity index (χ1v) is 5.21. The van der Waals surface area contributed by atoms with E-state index in [1.165, 1.54) is 0 Å². The van der Waals surface area contributed by atoms with Gasteiger partial charge in [0.15, 0.2) is 0 Å². The molecule has 0 amide bonds. The van der Waals surface area contributed by atoms with Gasteiger partial charge in [0.05, 0.1) is 19.3 Å². The fourth-order valence-corrected chi connectivity index (χ4v) is 1.49. The van der Waals surface area contributed by atoms with Crippen LogP contribution in [0.25, 0.3) is 0 Å². The van der Waals surface area contributed by atoms with Crippen molar-refractivity contribution >= 4 is 5.97 Å². The zero-order chi connectivity index (χ0) is 10.6. The lowest BCUT2D eigenvalue weighted by molar-refractivity contribution is -0.144. The lowest BCUT2D eigenvalue weighted by atomic mass is 10.3. The number of aliphatic hydroxyl groups is 1. The van der Waals surface area contributed by atoms with Gasteiger partial charge in [-0.1, -0.05) is 0 Å². The second-order valence-corrected chi connectivity index (χ2v) is 3.81. The highest BCUT2D eigenvalue weighted by Gasteiger charge is 2.31. The van der Waals surface area contributed by atoms with Gasteiger partial charge in [0.25, 0.3) is 0 Å². The van der Waals surface area contributed by atoms with Gasteiger partial charge in [-0.25, -0.2) is 0 Å². The Labute approximate surface area is 84.8 Å². The summed E-state index contributed by atoms with van der Waals surface area (Å²) in [6, 6.07) is 0.481. The minimum Gasteiger partial charge on any atom is -0.465 e. The zero-order valence-electron chi connectivity index (χ0n) is 8.90. The maximum absolute atomic E-state index is 11.2. The molecule has 0 aliphatic heterocycles. The number of esters is 1. The van der Waals surface area contributed by atoms with Gasteiger partial charge in [-0.15, -0.1) is 0 Å². The van der Waals surface area contributed by atoms with Gasteiger partial charge in [-0.2, -0.15) is 0 Å². The molecule has 1 aliphatic carbocycles. The van der Waals surface area contributed by atoms with Crippen molar-refractivity contribution in [3.05, 3.63) is 0 Å². The van der Waals surface area contributed by atoms with Gasteiger partial charge in [-0.3, -0.25) is 9.69 Å². The van der Waals surface area contributed by atoms with E-state index >= 15 is 0 Å². The average Bonchev–Trinajstić information content (AvgIpc) is 2.84. The molecule has 0 aromatic heterocycles. The minimum absolute atomic E-state index is 0.194. The van der Waals surface area contributed by atoms with E-state index in [1.54, 1.807) is 13.8 Å². The Morgan fingerprint density at radius 3 is 2.71 bits per heavy atom. The van der Waals surface area contributed by atoms with Crippen molar-refractivity contribution in [1.82, 2.24) is 4.90 Å². The molecule has 1 N–H and O–H groups in total. The summed E-state index contributed by atoms with van der Waals surface area (Å²) in [7, 11) is 0. The standard InChI is InChI=1S/C10H19NO3/c1-3-14-10(13)7-11(6-8(2)12)9-4-5-9/h8-9,12H,3-7H2,1-2H3. The molecule has 0 radical (unpaired) electrons. The SMILES string of the molecule is CCOC(=O)CN(CC(C)O)C1CC1. The van der Waals surface area contributed by atoms with Crippen LogP contribution < -0.4 is 0 Å². The summed E-state index contributed by atoms with van der Waals surface area (Å²) in [6.45, 7) is 4.83. The van der Waals surface area contributed by atoms with E-state index in [0.717, 1.165) is 12.8 Å². The molecule has 1 rings (SSSR count). The molecule has 4 nitrogen and oxygen atoms in total. The molecule has 4 heteroatoms. The molecule has 82 valence electrons. The van der Waals surface area contributed by atoms with E-state index in [-0.39, 0.29) is 12.1 Å². The highest BCUT2D eigenvalue weighted by Crippen LogP contribution is 2.26. The number of rotatable bonds is 6. The van der Waals surface area contributed by atoms with Crippen molar-refractivity contribution in [3.8, 4) is 0 Å². The van der Waals surface area contributed by atoms with Crippen LogP contribution in [0.1, 0.15) is 26.7 Å². The van der Waals surface area contributed by atoms with E-state index in [1.807, 2.05) is 4.90 Å². The number of carbonyl (C=O) groups is 1. The predicted molar refractivity (Wildman–Crippen MR) is 52.9 cm³/mol. The van der Waals surface area contributed by atoms with E-state index < -0.39 is 0 Å². The van der Waals surface area contributed by atoms with Crippen LogP contribution >= 0.6 is 0 Å². The zero-order valence-corrected chi connectivity index (χ0v) is 8.90. The maximum Gasteiger partial charge on any atom is 0.320 e. The summed E-state index contributed by atoms with van der Waals surface area (Å²) in [5, 5.41) is 9.25. The molecule has 14 heavy (non-hydrogen) atoms. The summed E-state index contributed by atoms with van der Waals surface area (Å²) in [5.41, 5.74) is 0. The number of aliphatic hydroxyl groups excluding tert-OH is 1. The van der Waals surface area contributed by atoms with Crippen molar-refractivity contribution in [2.75, 3.05) is 19.7 Å². The van der Waals surface area contributed by atoms with Crippen LogP contribution in [-0.2, 0) is 9.53 Å². The number of carbonyl (C=O) groups excluding carboxylic acids is 1. The summed E-state index contributed by atoms with van der Waals surface area (Å²) >= 11 is 0. The molecule has 1 saturated carbocycles. The first kappa shape index (κ1) is 11.5. The Balaban J connectivity index is 2.31. The molecular formula is C10H19NO3. The lowest BCUT2D eigenvalue weighted by Crippen LogP contribution is -2.37. The monoisotopic (exact) mass is 201 g/mol. The van der Waals surface area contributed by atoms with E-state index in [2.05, 4.69) is 0 Å². The van der Waals surface area contributed by atoms with Crippen molar-refractivity contribution in [3.63, 3.8) is 0 Å². The third-order valence-electron chi connectivity index (χ3n) is 2.20. The number of ether oxygens (including phenoxy) is 1. The quantitative estimate of drug-likeness (QED) is 0.632. The van der Waals surface area contributed by atoms with E-state index in [0.29, 0.717) is 25.7 Å². The van der Waals surface area contributed by atoms with Gasteiger partial charge in [0.1, 0.15) is 0 Å². The molecule has 1 atom stereocenters. The van der Waals surface area contributed by atoms with Crippen molar-refractivity contribution < 1.29 is 14.6 Å². The molecule has 0 heterocycles. The molecule has 0 spiro atoms. The summed E-state index contributed by atoms with van der Waals surface area (Å²) in [4.78, 5) is 13.2. The third-order valence-corrected chi connectivity index (χ3v) is 2.20. The van der Waals surface area contributed by atoms with Crippen molar-refractivity contribution in [2.45, 2.75) is 38.8 Å². The van der Waals surface area contributed by atoms with Crippen LogP contribution in [0.15, 0.2) is 0 Å². The number of hydrogen-bond donors (Lipinski definition) is 1. The molecule has 0 aromatic rings. The average molecular weight is 201 g/mol. The maximum atomic E-state index is 11.2. The number of nitrogens with zero attached hydrogens (tertiary/aromatic N) is 1. The first-order chi connectivity index (χ1) is 6.63. The number of hydrogen-bond acceptors (Lipinski definition) is 4. The highest BCUT2D eigenvalue weighted by atomic mass is 16.5. The Morgan fingerprint density at radius 2 is 2.29 bits per heavy atom. The second kappa shape index (κ2) is 5.32. The van der Waals surface area contributed by atoms with E-state index in [9.17, 15) is 9.90 Å². The van der Waals surface area contributed by atoms with Gasteiger partial charge >= 0.3 is 5.97 Å².